The molecule has 1 aromatic carbocycles. The standard InChI is InChI=1S/C17H12F3N3OS2/c18-17(19,20)9-11(10-4-2-1-3-5-10)21-14(24)13-8-12-15(26-13)22-16-23(12)6-7-25-16/h1-8,11H,9H2,(H,21,24)/t11-/m1/s1. The summed E-state index contributed by atoms with van der Waals surface area (Å²) >= 11 is 2.65. The molecular weight excluding hydrogens is 383 g/mol. The SMILES string of the molecule is O=C(N[C@H](CC(F)(F)F)c1ccccc1)c1cc2c(nc3sccn32)s1. The van der Waals surface area contributed by atoms with Gasteiger partial charge in [0.1, 0.15) is 4.83 Å². The van der Waals surface area contributed by atoms with Crippen LogP contribution in [-0.4, -0.2) is 21.5 Å². The molecule has 0 radical (unpaired) electrons. The first-order valence-corrected chi connectivity index (χ1v) is 9.38. The van der Waals surface area contributed by atoms with Crippen LogP contribution in [0.5, 0.6) is 0 Å². The molecule has 1 atom stereocenters. The van der Waals surface area contributed by atoms with Gasteiger partial charge in [0.05, 0.1) is 22.9 Å². The number of nitrogens with one attached hydrogen (secondary N) is 1. The van der Waals surface area contributed by atoms with Crippen LogP contribution in [0.15, 0.2) is 48.0 Å². The average molecular weight is 395 g/mol. The first kappa shape index (κ1) is 17.0. The zero-order valence-electron chi connectivity index (χ0n) is 13.2. The summed E-state index contributed by atoms with van der Waals surface area (Å²) in [6.07, 6.45) is -3.66. The third kappa shape index (κ3) is 3.32. The van der Waals surface area contributed by atoms with E-state index in [9.17, 15) is 18.0 Å². The number of benzene rings is 1. The molecule has 26 heavy (non-hydrogen) atoms. The number of hydrogen-bond acceptors (Lipinski definition) is 4. The van der Waals surface area contributed by atoms with Gasteiger partial charge >= 0.3 is 6.18 Å². The van der Waals surface area contributed by atoms with Crippen LogP contribution in [0.2, 0.25) is 0 Å². The fraction of sp³-hybridized carbons (Fsp3) is 0.176. The maximum absolute atomic E-state index is 12.9. The van der Waals surface area contributed by atoms with Crippen LogP contribution in [-0.2, 0) is 0 Å². The van der Waals surface area contributed by atoms with Gasteiger partial charge in [-0.15, -0.1) is 22.7 Å². The van der Waals surface area contributed by atoms with Crippen LogP contribution in [0, 0.1) is 0 Å². The van der Waals surface area contributed by atoms with Gasteiger partial charge in [-0.3, -0.25) is 9.20 Å². The first-order valence-electron chi connectivity index (χ1n) is 7.68. The van der Waals surface area contributed by atoms with Gasteiger partial charge in [0.2, 0.25) is 0 Å². The number of amides is 1. The quantitative estimate of drug-likeness (QED) is 0.527. The second-order valence-electron chi connectivity index (χ2n) is 5.72. The summed E-state index contributed by atoms with van der Waals surface area (Å²) in [4.78, 5) is 18.8. The molecule has 4 nitrogen and oxygen atoms in total. The molecule has 0 saturated carbocycles. The van der Waals surface area contributed by atoms with Crippen LogP contribution in [0.25, 0.3) is 15.3 Å². The van der Waals surface area contributed by atoms with Gasteiger partial charge in [-0.05, 0) is 11.6 Å². The molecule has 9 heteroatoms. The van der Waals surface area contributed by atoms with Crippen molar-refractivity contribution in [3.63, 3.8) is 0 Å². The number of carbonyl (C=O) groups is 1. The lowest BCUT2D eigenvalue weighted by molar-refractivity contribution is -0.139. The Hall–Kier alpha value is -2.39. The molecule has 0 spiro atoms. The molecule has 0 fully saturated rings. The number of carbonyl (C=O) groups excluding carboxylic acids is 1. The molecule has 134 valence electrons. The van der Waals surface area contributed by atoms with E-state index in [1.54, 1.807) is 36.4 Å². The molecule has 4 rings (SSSR count). The van der Waals surface area contributed by atoms with Gasteiger partial charge in [-0.1, -0.05) is 30.3 Å². The van der Waals surface area contributed by atoms with Crippen molar-refractivity contribution in [2.45, 2.75) is 18.6 Å². The average Bonchev–Trinajstić information content (AvgIpc) is 3.25. The number of thiazole rings is 1. The summed E-state index contributed by atoms with van der Waals surface area (Å²) in [6.45, 7) is 0. The monoisotopic (exact) mass is 395 g/mol. The summed E-state index contributed by atoms with van der Waals surface area (Å²) in [5, 5.41) is 4.40. The van der Waals surface area contributed by atoms with Crippen LogP contribution in [0.1, 0.15) is 27.7 Å². The number of nitrogens with zero attached hydrogens (tertiary/aromatic N) is 2. The van der Waals surface area contributed by atoms with Crippen molar-refractivity contribution >= 4 is 43.9 Å². The van der Waals surface area contributed by atoms with E-state index in [0.717, 1.165) is 10.5 Å². The predicted octanol–water partition coefficient (Wildman–Crippen LogP) is 5.03. The third-order valence-corrected chi connectivity index (χ3v) is 5.68. The zero-order chi connectivity index (χ0) is 18.3. The minimum atomic E-state index is -4.39. The molecule has 0 aliphatic rings. The number of fused-ring (bicyclic) bond motifs is 3. The fourth-order valence-corrected chi connectivity index (χ4v) is 4.46. The second kappa shape index (κ2) is 6.40. The summed E-state index contributed by atoms with van der Waals surface area (Å²) in [7, 11) is 0. The van der Waals surface area contributed by atoms with E-state index in [4.69, 9.17) is 0 Å². The Kier molecular flexibility index (Phi) is 4.20. The number of alkyl halides is 3. The third-order valence-electron chi connectivity index (χ3n) is 3.91. The van der Waals surface area contributed by atoms with Crippen molar-refractivity contribution in [1.82, 2.24) is 14.7 Å². The van der Waals surface area contributed by atoms with Gasteiger partial charge < -0.3 is 5.32 Å². The van der Waals surface area contributed by atoms with Gasteiger partial charge in [0.15, 0.2) is 4.96 Å². The Morgan fingerprint density at radius 1 is 1.27 bits per heavy atom. The van der Waals surface area contributed by atoms with E-state index in [1.807, 2.05) is 16.0 Å². The molecule has 1 N–H and O–H groups in total. The van der Waals surface area contributed by atoms with Crippen LogP contribution >= 0.6 is 22.7 Å². The van der Waals surface area contributed by atoms with Crippen LogP contribution in [0.4, 0.5) is 13.2 Å². The summed E-state index contributed by atoms with van der Waals surface area (Å²) < 4.78 is 40.7. The van der Waals surface area contributed by atoms with E-state index in [-0.39, 0.29) is 0 Å². The minimum Gasteiger partial charge on any atom is -0.344 e. The zero-order valence-corrected chi connectivity index (χ0v) is 14.8. The van der Waals surface area contributed by atoms with Crippen molar-refractivity contribution < 1.29 is 18.0 Å². The van der Waals surface area contributed by atoms with E-state index >= 15 is 0 Å². The number of hydrogen-bond donors (Lipinski definition) is 1. The van der Waals surface area contributed by atoms with Crippen LogP contribution in [0.3, 0.4) is 0 Å². The van der Waals surface area contributed by atoms with E-state index in [1.165, 1.54) is 22.7 Å². The Morgan fingerprint density at radius 3 is 2.77 bits per heavy atom. The fourth-order valence-electron chi connectivity index (χ4n) is 2.76. The summed E-state index contributed by atoms with van der Waals surface area (Å²) in [5.74, 6) is -0.532. The maximum Gasteiger partial charge on any atom is 0.391 e. The minimum absolute atomic E-state index is 0.339. The highest BCUT2D eigenvalue weighted by molar-refractivity contribution is 7.21. The summed E-state index contributed by atoms with van der Waals surface area (Å²) in [6, 6.07) is 8.70. The Balaban J connectivity index is 1.62. The highest BCUT2D eigenvalue weighted by atomic mass is 32.1. The molecule has 0 saturated heterocycles. The lowest BCUT2D eigenvalue weighted by atomic mass is 10.0. The highest BCUT2D eigenvalue weighted by Crippen LogP contribution is 2.31. The lowest BCUT2D eigenvalue weighted by Gasteiger charge is -2.20. The smallest absolute Gasteiger partial charge is 0.344 e. The molecule has 1 amide bonds. The highest BCUT2D eigenvalue weighted by Gasteiger charge is 2.33. The number of halogens is 3. The topological polar surface area (TPSA) is 46.4 Å². The Morgan fingerprint density at radius 2 is 2.04 bits per heavy atom. The number of aromatic nitrogens is 2. The van der Waals surface area contributed by atoms with E-state index in [2.05, 4.69) is 10.3 Å². The van der Waals surface area contributed by atoms with Gasteiger partial charge in [0.25, 0.3) is 5.91 Å². The molecule has 0 aliphatic carbocycles. The molecule has 0 unspecified atom stereocenters. The molecule has 3 heterocycles. The maximum atomic E-state index is 12.9. The van der Waals surface area contributed by atoms with Gasteiger partial charge in [-0.25, -0.2) is 4.98 Å². The predicted molar refractivity (Wildman–Crippen MR) is 95.8 cm³/mol. The van der Waals surface area contributed by atoms with Gasteiger partial charge in [-0.2, -0.15) is 13.2 Å². The Bertz CT molecular complexity index is 1070. The lowest BCUT2D eigenvalue weighted by Crippen LogP contribution is -2.31. The van der Waals surface area contributed by atoms with E-state index < -0.39 is 24.5 Å². The van der Waals surface area contributed by atoms with Gasteiger partial charge in [0, 0.05) is 11.6 Å². The largest absolute Gasteiger partial charge is 0.391 e. The van der Waals surface area contributed by atoms with Crippen molar-refractivity contribution in [1.29, 1.82) is 0 Å². The summed E-state index contributed by atoms with van der Waals surface area (Å²) in [5.41, 5.74) is 1.20. The molecule has 0 aliphatic heterocycles. The van der Waals surface area contributed by atoms with Crippen LogP contribution < -0.4 is 5.32 Å². The Labute approximate surface area is 153 Å². The van der Waals surface area contributed by atoms with E-state index in [0.29, 0.717) is 15.3 Å². The second-order valence-corrected chi connectivity index (χ2v) is 7.63. The molecular formula is C17H12F3N3OS2. The molecule has 0 bridgehead atoms. The molecule has 3 aromatic heterocycles. The van der Waals surface area contributed by atoms with Crippen molar-refractivity contribution in [3.8, 4) is 0 Å². The molecule has 4 aromatic rings. The number of thiophene rings is 1. The van der Waals surface area contributed by atoms with Crippen molar-refractivity contribution in [3.05, 3.63) is 58.4 Å². The normalized spacial score (nSPS) is 13.3. The van der Waals surface area contributed by atoms with Crippen molar-refractivity contribution in [2.24, 2.45) is 0 Å². The first-order chi connectivity index (χ1) is 12.4. The van der Waals surface area contributed by atoms with Crippen molar-refractivity contribution in [2.75, 3.05) is 0 Å². The number of imidazole rings is 1. The number of rotatable bonds is 4.